The van der Waals surface area contributed by atoms with E-state index in [1.54, 1.807) is 0 Å². The monoisotopic (exact) mass is 260 g/mol. The zero-order chi connectivity index (χ0) is 13.7. The molecule has 0 aliphatic heterocycles. The van der Waals surface area contributed by atoms with E-state index in [1.165, 1.54) is 11.3 Å². The van der Waals surface area contributed by atoms with E-state index >= 15 is 0 Å². The molecule has 0 radical (unpaired) electrons. The van der Waals surface area contributed by atoms with Crippen LogP contribution in [0.2, 0.25) is 0 Å². The average Bonchev–Trinajstić information content (AvgIpc) is 2.98. The molecule has 1 N–H and O–H groups in total. The van der Waals surface area contributed by atoms with Crippen molar-refractivity contribution < 1.29 is 0 Å². The Morgan fingerprint density at radius 2 is 2.21 bits per heavy atom. The number of hydrogen-bond donors (Lipinski definition) is 1. The summed E-state index contributed by atoms with van der Waals surface area (Å²) < 4.78 is 4.40. The van der Waals surface area contributed by atoms with E-state index in [9.17, 15) is 0 Å². The molecule has 0 bridgehead atoms. The van der Waals surface area contributed by atoms with Gasteiger partial charge in [-0.05, 0) is 31.0 Å². The van der Waals surface area contributed by atoms with Gasteiger partial charge >= 0.3 is 0 Å². The molecule has 0 amide bonds. The third kappa shape index (κ3) is 3.96. The van der Waals surface area contributed by atoms with Crippen molar-refractivity contribution in [3.05, 3.63) is 42.2 Å². The third-order valence-corrected chi connectivity index (χ3v) is 3.18. The second-order valence-corrected chi connectivity index (χ2v) is 5.39. The molecule has 0 spiro atoms. The molecule has 2 rings (SSSR count). The second-order valence-electron chi connectivity index (χ2n) is 5.39. The summed E-state index contributed by atoms with van der Waals surface area (Å²) in [6.45, 7) is 10.5. The lowest BCUT2D eigenvalue weighted by Gasteiger charge is -2.07. The number of nitrogens with zero attached hydrogens (tertiary/aromatic N) is 3. The molecule has 0 saturated heterocycles. The Balaban J connectivity index is 1.90. The molecule has 0 unspecified atom stereocenters. The van der Waals surface area contributed by atoms with Crippen LogP contribution in [0.15, 0.2) is 31.0 Å². The van der Waals surface area contributed by atoms with Crippen molar-refractivity contribution in [2.75, 3.05) is 6.54 Å². The summed E-state index contributed by atoms with van der Waals surface area (Å²) in [5.74, 6) is 0.695. The molecular weight excluding hydrogens is 236 g/mol. The SMILES string of the molecule is CCn1cncc1Cn1ccc(CNCC(C)C)c1. The lowest BCUT2D eigenvalue weighted by molar-refractivity contribution is 0.552. The summed E-state index contributed by atoms with van der Waals surface area (Å²) in [6.07, 6.45) is 8.18. The lowest BCUT2D eigenvalue weighted by Crippen LogP contribution is -2.18. The number of imidazole rings is 1. The molecule has 2 heterocycles. The minimum atomic E-state index is 0.695. The van der Waals surface area contributed by atoms with Crippen LogP contribution in [0, 0.1) is 5.92 Å². The van der Waals surface area contributed by atoms with Gasteiger partial charge in [-0.1, -0.05) is 13.8 Å². The minimum absolute atomic E-state index is 0.695. The number of aromatic nitrogens is 3. The highest BCUT2D eigenvalue weighted by atomic mass is 15.1. The van der Waals surface area contributed by atoms with E-state index in [0.717, 1.165) is 26.2 Å². The fourth-order valence-electron chi connectivity index (χ4n) is 2.15. The van der Waals surface area contributed by atoms with Gasteiger partial charge in [-0.3, -0.25) is 0 Å². The first-order chi connectivity index (χ1) is 9.19. The maximum absolute atomic E-state index is 4.20. The van der Waals surface area contributed by atoms with Crippen LogP contribution < -0.4 is 5.32 Å². The van der Waals surface area contributed by atoms with Gasteiger partial charge < -0.3 is 14.5 Å². The van der Waals surface area contributed by atoms with E-state index in [2.05, 4.69) is 58.7 Å². The zero-order valence-electron chi connectivity index (χ0n) is 12.1. The average molecular weight is 260 g/mol. The van der Waals surface area contributed by atoms with Gasteiger partial charge in [-0.25, -0.2) is 4.98 Å². The largest absolute Gasteiger partial charge is 0.348 e. The highest BCUT2D eigenvalue weighted by molar-refractivity contribution is 5.12. The summed E-state index contributed by atoms with van der Waals surface area (Å²) in [5.41, 5.74) is 2.59. The van der Waals surface area contributed by atoms with E-state index in [1.807, 2.05) is 12.5 Å². The molecule has 4 nitrogen and oxygen atoms in total. The van der Waals surface area contributed by atoms with Crippen LogP contribution in [0.25, 0.3) is 0 Å². The summed E-state index contributed by atoms with van der Waals surface area (Å²) in [6, 6.07) is 2.18. The minimum Gasteiger partial charge on any atom is -0.348 e. The summed E-state index contributed by atoms with van der Waals surface area (Å²) >= 11 is 0. The first-order valence-electron chi connectivity index (χ1n) is 7.03. The Morgan fingerprint density at radius 1 is 1.37 bits per heavy atom. The number of aryl methyl sites for hydroxylation is 1. The van der Waals surface area contributed by atoms with Crippen molar-refractivity contribution in [2.24, 2.45) is 5.92 Å². The maximum atomic E-state index is 4.20. The number of rotatable bonds is 7. The molecular formula is C15H24N4. The van der Waals surface area contributed by atoms with Crippen molar-refractivity contribution >= 4 is 0 Å². The highest BCUT2D eigenvalue weighted by Crippen LogP contribution is 2.06. The second kappa shape index (κ2) is 6.57. The predicted octanol–water partition coefficient (Wildman–Crippen LogP) is 2.50. The molecule has 2 aromatic heterocycles. The number of nitrogens with one attached hydrogen (secondary N) is 1. The van der Waals surface area contributed by atoms with E-state index < -0.39 is 0 Å². The summed E-state index contributed by atoms with van der Waals surface area (Å²) in [4.78, 5) is 4.20. The van der Waals surface area contributed by atoms with Gasteiger partial charge in [0.1, 0.15) is 0 Å². The molecule has 0 atom stereocenters. The first kappa shape index (κ1) is 13.9. The highest BCUT2D eigenvalue weighted by Gasteiger charge is 2.03. The maximum Gasteiger partial charge on any atom is 0.0948 e. The van der Waals surface area contributed by atoms with Crippen LogP contribution in [0.3, 0.4) is 0 Å². The smallest absolute Gasteiger partial charge is 0.0948 e. The fraction of sp³-hybridized carbons (Fsp3) is 0.533. The standard InChI is InChI=1S/C15H24N4/c1-4-19-12-17-9-15(19)11-18-6-5-14(10-18)8-16-7-13(2)3/h5-6,9-10,12-13,16H,4,7-8,11H2,1-3H3. The molecule has 4 heteroatoms. The van der Waals surface area contributed by atoms with Crippen molar-refractivity contribution in [2.45, 2.75) is 40.4 Å². The van der Waals surface area contributed by atoms with Crippen LogP contribution in [0.1, 0.15) is 32.0 Å². The zero-order valence-corrected chi connectivity index (χ0v) is 12.1. The topological polar surface area (TPSA) is 34.8 Å². The van der Waals surface area contributed by atoms with Gasteiger partial charge in [0, 0.05) is 31.7 Å². The Labute approximate surface area is 115 Å². The van der Waals surface area contributed by atoms with Crippen LogP contribution in [0.4, 0.5) is 0 Å². The van der Waals surface area contributed by atoms with Gasteiger partial charge in [-0.15, -0.1) is 0 Å². The molecule has 19 heavy (non-hydrogen) atoms. The fourth-order valence-corrected chi connectivity index (χ4v) is 2.15. The Kier molecular flexibility index (Phi) is 4.80. The third-order valence-electron chi connectivity index (χ3n) is 3.18. The summed E-state index contributed by atoms with van der Waals surface area (Å²) in [7, 11) is 0. The molecule has 104 valence electrons. The number of hydrogen-bond acceptors (Lipinski definition) is 2. The quantitative estimate of drug-likeness (QED) is 0.830. The Morgan fingerprint density at radius 3 is 2.95 bits per heavy atom. The van der Waals surface area contributed by atoms with Gasteiger partial charge in [0.15, 0.2) is 0 Å². The normalized spacial score (nSPS) is 11.4. The van der Waals surface area contributed by atoms with Gasteiger partial charge in [0.2, 0.25) is 0 Å². The van der Waals surface area contributed by atoms with Crippen molar-refractivity contribution in [1.82, 2.24) is 19.4 Å². The predicted molar refractivity (Wildman–Crippen MR) is 78.0 cm³/mol. The van der Waals surface area contributed by atoms with Crippen LogP contribution in [-0.4, -0.2) is 20.7 Å². The van der Waals surface area contributed by atoms with Gasteiger partial charge in [-0.2, -0.15) is 0 Å². The van der Waals surface area contributed by atoms with E-state index in [0.29, 0.717) is 5.92 Å². The molecule has 0 aliphatic rings. The van der Waals surface area contributed by atoms with E-state index in [4.69, 9.17) is 0 Å². The molecule has 2 aromatic rings. The molecule has 0 aromatic carbocycles. The molecule has 0 aliphatic carbocycles. The molecule has 0 fully saturated rings. The Hall–Kier alpha value is -1.55. The van der Waals surface area contributed by atoms with Gasteiger partial charge in [0.25, 0.3) is 0 Å². The van der Waals surface area contributed by atoms with Crippen molar-refractivity contribution in [3.8, 4) is 0 Å². The Bertz CT molecular complexity index is 496. The van der Waals surface area contributed by atoms with Crippen LogP contribution >= 0.6 is 0 Å². The molecule has 0 saturated carbocycles. The van der Waals surface area contributed by atoms with Crippen molar-refractivity contribution in [1.29, 1.82) is 0 Å². The van der Waals surface area contributed by atoms with Crippen molar-refractivity contribution in [3.63, 3.8) is 0 Å². The van der Waals surface area contributed by atoms with Crippen LogP contribution in [0.5, 0.6) is 0 Å². The van der Waals surface area contributed by atoms with Crippen LogP contribution in [-0.2, 0) is 19.6 Å². The lowest BCUT2D eigenvalue weighted by atomic mass is 10.2. The van der Waals surface area contributed by atoms with E-state index in [-0.39, 0.29) is 0 Å². The summed E-state index contributed by atoms with van der Waals surface area (Å²) in [5, 5.41) is 3.46. The first-order valence-corrected chi connectivity index (χ1v) is 7.03. The van der Waals surface area contributed by atoms with Gasteiger partial charge in [0.05, 0.1) is 18.6 Å².